The van der Waals surface area contributed by atoms with Crippen LogP contribution in [0.2, 0.25) is 5.02 Å². The van der Waals surface area contributed by atoms with Gasteiger partial charge in [0.05, 0.1) is 34.7 Å². The zero-order valence-corrected chi connectivity index (χ0v) is 16.6. The Morgan fingerprint density at radius 1 is 1.22 bits per heavy atom. The second-order valence-electron chi connectivity index (χ2n) is 5.55. The Bertz CT molecular complexity index is 753. The summed E-state index contributed by atoms with van der Waals surface area (Å²) in [5.74, 6) is -0.986. The molecule has 27 heavy (non-hydrogen) atoms. The zero-order valence-electron chi connectivity index (χ0n) is 15.0. The third-order valence-electron chi connectivity index (χ3n) is 3.71. The highest BCUT2D eigenvalue weighted by Crippen LogP contribution is 2.26. The summed E-state index contributed by atoms with van der Waals surface area (Å²) in [5.41, 5.74) is 0.505. The Balaban J connectivity index is 2.03. The average molecular weight is 413 g/mol. The molecule has 2 N–H and O–H groups in total. The lowest BCUT2D eigenvalue weighted by molar-refractivity contribution is -0.141. The number of hydrogen-bond acceptors (Lipinski definition) is 6. The van der Waals surface area contributed by atoms with Crippen LogP contribution >= 0.6 is 23.4 Å². The van der Waals surface area contributed by atoms with Gasteiger partial charge in [0, 0.05) is 4.90 Å². The van der Waals surface area contributed by atoms with Crippen molar-refractivity contribution in [1.82, 2.24) is 10.6 Å². The Labute approximate surface area is 166 Å². The molecule has 1 unspecified atom stereocenters. The van der Waals surface area contributed by atoms with Crippen LogP contribution in [0.5, 0.6) is 0 Å². The molecule has 2 rings (SSSR count). The van der Waals surface area contributed by atoms with Gasteiger partial charge in [0.15, 0.2) is 0 Å². The van der Waals surface area contributed by atoms with Crippen molar-refractivity contribution >= 4 is 41.3 Å². The lowest BCUT2D eigenvalue weighted by atomic mass is 10.0. The van der Waals surface area contributed by atoms with E-state index < -0.39 is 24.0 Å². The fourth-order valence-electron chi connectivity index (χ4n) is 2.47. The van der Waals surface area contributed by atoms with Crippen LogP contribution < -0.4 is 10.6 Å². The summed E-state index contributed by atoms with van der Waals surface area (Å²) in [4.78, 5) is 36.9. The van der Waals surface area contributed by atoms with Crippen LogP contribution in [0.1, 0.15) is 20.3 Å². The van der Waals surface area contributed by atoms with Gasteiger partial charge in [-0.3, -0.25) is 4.79 Å². The molecule has 1 aromatic rings. The minimum Gasteiger partial charge on any atom is -0.463 e. The van der Waals surface area contributed by atoms with Crippen molar-refractivity contribution in [3.8, 4) is 0 Å². The molecule has 146 valence electrons. The highest BCUT2D eigenvalue weighted by molar-refractivity contribution is 8.00. The first-order valence-electron chi connectivity index (χ1n) is 8.46. The number of ether oxygens (including phenoxy) is 2. The number of amides is 2. The van der Waals surface area contributed by atoms with Gasteiger partial charge in [0.1, 0.15) is 6.61 Å². The van der Waals surface area contributed by atoms with Crippen LogP contribution in [0.15, 0.2) is 40.4 Å². The Kier molecular flexibility index (Phi) is 7.99. The van der Waals surface area contributed by atoms with Gasteiger partial charge in [0.25, 0.3) is 0 Å². The molecule has 0 saturated heterocycles. The molecular formula is C18H21ClN2O5S. The molecule has 9 heteroatoms. The van der Waals surface area contributed by atoms with E-state index in [0.29, 0.717) is 11.4 Å². The first-order chi connectivity index (χ1) is 13.0. The third kappa shape index (κ3) is 5.90. The van der Waals surface area contributed by atoms with Crippen molar-refractivity contribution in [2.45, 2.75) is 31.2 Å². The van der Waals surface area contributed by atoms with E-state index in [2.05, 4.69) is 10.6 Å². The number of carbonyl (C=O) groups is 3. The predicted octanol–water partition coefficient (Wildman–Crippen LogP) is 2.88. The predicted molar refractivity (Wildman–Crippen MR) is 103 cm³/mol. The Morgan fingerprint density at radius 3 is 2.63 bits per heavy atom. The molecular weight excluding hydrogens is 392 g/mol. The van der Waals surface area contributed by atoms with Crippen molar-refractivity contribution < 1.29 is 23.9 Å². The number of nitrogens with one attached hydrogen (secondary N) is 2. The van der Waals surface area contributed by atoms with Crippen LogP contribution in [0, 0.1) is 0 Å². The van der Waals surface area contributed by atoms with E-state index in [0.717, 1.165) is 4.90 Å². The second-order valence-corrected chi connectivity index (χ2v) is 6.98. The van der Waals surface area contributed by atoms with E-state index in [9.17, 15) is 14.4 Å². The number of rotatable bonds is 8. The van der Waals surface area contributed by atoms with E-state index in [1.165, 1.54) is 11.8 Å². The standard InChI is InChI=1S/C18H21ClN2O5S/c1-3-12-16(17(23)25-4-2)13(21-18(24)20-12)9-26-15(22)10-27-14-8-6-5-7-11(14)19/h5-8,12H,3-4,9-10H2,1-2H3,(H2,20,21,24). The molecule has 1 aliphatic rings. The summed E-state index contributed by atoms with van der Waals surface area (Å²) in [6, 6.07) is 6.22. The lowest BCUT2D eigenvalue weighted by Crippen LogP contribution is -2.51. The first-order valence-corrected chi connectivity index (χ1v) is 9.83. The summed E-state index contributed by atoms with van der Waals surface area (Å²) < 4.78 is 10.3. The van der Waals surface area contributed by atoms with Gasteiger partial charge in [-0.05, 0) is 25.5 Å². The van der Waals surface area contributed by atoms with Crippen LogP contribution in [-0.2, 0) is 19.1 Å². The molecule has 0 saturated carbocycles. The van der Waals surface area contributed by atoms with Crippen molar-refractivity contribution in [2.75, 3.05) is 19.0 Å². The molecule has 0 radical (unpaired) electrons. The summed E-state index contributed by atoms with van der Waals surface area (Å²) in [6.45, 7) is 3.51. The quantitative estimate of drug-likeness (QED) is 0.503. The number of halogens is 1. The lowest BCUT2D eigenvalue weighted by Gasteiger charge is -2.28. The van der Waals surface area contributed by atoms with Crippen molar-refractivity contribution in [2.24, 2.45) is 0 Å². The normalized spacial score (nSPS) is 16.4. The Hall–Kier alpha value is -2.19. The van der Waals surface area contributed by atoms with E-state index in [-0.39, 0.29) is 30.2 Å². The van der Waals surface area contributed by atoms with Crippen LogP contribution in [0.25, 0.3) is 0 Å². The molecule has 0 fully saturated rings. The molecule has 1 atom stereocenters. The number of urea groups is 1. The molecule has 7 nitrogen and oxygen atoms in total. The van der Waals surface area contributed by atoms with E-state index in [1.54, 1.807) is 25.1 Å². The van der Waals surface area contributed by atoms with Crippen molar-refractivity contribution in [1.29, 1.82) is 0 Å². The smallest absolute Gasteiger partial charge is 0.338 e. The number of benzene rings is 1. The van der Waals surface area contributed by atoms with E-state index in [1.807, 2.05) is 13.0 Å². The molecule has 1 aliphatic heterocycles. The van der Waals surface area contributed by atoms with Gasteiger partial charge < -0.3 is 20.1 Å². The van der Waals surface area contributed by atoms with Gasteiger partial charge in [-0.1, -0.05) is 30.7 Å². The first kappa shape index (κ1) is 21.1. The van der Waals surface area contributed by atoms with Gasteiger partial charge in [-0.25, -0.2) is 9.59 Å². The average Bonchev–Trinajstić information content (AvgIpc) is 2.65. The molecule has 2 amide bonds. The molecule has 0 aromatic heterocycles. The largest absolute Gasteiger partial charge is 0.463 e. The summed E-state index contributed by atoms with van der Waals surface area (Å²) >= 11 is 7.30. The fraction of sp³-hybridized carbons (Fsp3) is 0.389. The summed E-state index contributed by atoms with van der Waals surface area (Å²) in [6.07, 6.45) is 0.501. The molecule has 1 aromatic carbocycles. The fourth-order valence-corrected chi connectivity index (χ4v) is 3.51. The molecule has 0 spiro atoms. The van der Waals surface area contributed by atoms with Gasteiger partial charge in [0.2, 0.25) is 0 Å². The van der Waals surface area contributed by atoms with Crippen molar-refractivity contribution in [3.05, 3.63) is 40.6 Å². The highest BCUT2D eigenvalue weighted by Gasteiger charge is 2.31. The van der Waals surface area contributed by atoms with Crippen LogP contribution in [0.3, 0.4) is 0 Å². The van der Waals surface area contributed by atoms with E-state index in [4.69, 9.17) is 21.1 Å². The van der Waals surface area contributed by atoms with Gasteiger partial charge in [-0.2, -0.15) is 0 Å². The minimum atomic E-state index is -0.548. The maximum Gasteiger partial charge on any atom is 0.338 e. The maximum absolute atomic E-state index is 12.2. The number of hydrogen-bond donors (Lipinski definition) is 2. The topological polar surface area (TPSA) is 93.7 Å². The number of esters is 2. The second kappa shape index (κ2) is 10.2. The molecule has 1 heterocycles. The summed E-state index contributed by atoms with van der Waals surface area (Å²) in [5, 5.41) is 5.74. The maximum atomic E-state index is 12.2. The van der Waals surface area contributed by atoms with Crippen LogP contribution in [0.4, 0.5) is 4.79 Å². The SMILES string of the molecule is CCOC(=O)C1=C(COC(=O)CSc2ccccc2Cl)NC(=O)NC1CC. The van der Waals surface area contributed by atoms with Crippen LogP contribution in [-0.4, -0.2) is 43.0 Å². The third-order valence-corrected chi connectivity index (χ3v) is 5.20. The molecule has 0 bridgehead atoms. The highest BCUT2D eigenvalue weighted by atomic mass is 35.5. The zero-order chi connectivity index (χ0) is 19.8. The Morgan fingerprint density at radius 2 is 1.96 bits per heavy atom. The monoisotopic (exact) mass is 412 g/mol. The summed E-state index contributed by atoms with van der Waals surface area (Å²) in [7, 11) is 0. The van der Waals surface area contributed by atoms with Gasteiger partial charge >= 0.3 is 18.0 Å². The number of carbonyl (C=O) groups excluding carboxylic acids is 3. The molecule has 0 aliphatic carbocycles. The number of thioether (sulfide) groups is 1. The minimum absolute atomic E-state index is 0.0507. The van der Waals surface area contributed by atoms with E-state index >= 15 is 0 Å². The van der Waals surface area contributed by atoms with Crippen molar-refractivity contribution in [3.63, 3.8) is 0 Å². The van der Waals surface area contributed by atoms with Gasteiger partial charge in [-0.15, -0.1) is 11.8 Å².